The Labute approximate surface area is 469 Å². The number of amides is 1. The number of nitrogens with one attached hydrogen (secondary N) is 1. The van der Waals surface area contributed by atoms with Gasteiger partial charge in [0, 0.05) is 12.8 Å². The van der Waals surface area contributed by atoms with E-state index in [9.17, 15) is 19.8 Å². The highest BCUT2D eigenvalue weighted by Crippen LogP contribution is 2.19. The van der Waals surface area contributed by atoms with Gasteiger partial charge >= 0.3 is 5.97 Å². The molecule has 6 nitrogen and oxygen atoms in total. The van der Waals surface area contributed by atoms with Gasteiger partial charge < -0.3 is 20.3 Å². The van der Waals surface area contributed by atoms with Crippen molar-refractivity contribution in [3.63, 3.8) is 0 Å². The zero-order valence-corrected chi connectivity index (χ0v) is 51.1. The maximum absolute atomic E-state index is 12.5. The second-order valence-electron chi connectivity index (χ2n) is 23.9. The standard InChI is InChI=1S/C69H135NO5/c1-3-5-7-9-11-13-15-17-19-21-31-35-39-43-47-51-55-59-63-69(74)75-64-60-56-52-48-44-40-36-32-28-26-24-22-23-25-27-30-34-38-42-46-50-54-58-62-68(73)70-66(65-71)67(72)61-57-53-49-45-41-37-33-29-20-18-16-14-12-10-8-6-4-2/h19,21,66-67,71-72H,3-18,20,22-65H2,1-2H3,(H,70,73)/b21-19-. The fraction of sp³-hybridized carbons (Fsp3) is 0.942. The lowest BCUT2D eigenvalue weighted by atomic mass is 10.0. The molecule has 0 fully saturated rings. The first-order chi connectivity index (χ1) is 37.0. The largest absolute Gasteiger partial charge is 0.466 e. The van der Waals surface area contributed by atoms with Crippen LogP contribution in [0.5, 0.6) is 0 Å². The lowest BCUT2D eigenvalue weighted by molar-refractivity contribution is -0.143. The van der Waals surface area contributed by atoms with Crippen LogP contribution in [-0.4, -0.2) is 47.4 Å². The van der Waals surface area contributed by atoms with Gasteiger partial charge in [-0.1, -0.05) is 341 Å². The molecule has 0 spiro atoms. The lowest BCUT2D eigenvalue weighted by Crippen LogP contribution is -2.45. The van der Waals surface area contributed by atoms with Crippen LogP contribution in [0.3, 0.4) is 0 Å². The van der Waals surface area contributed by atoms with Crippen LogP contribution >= 0.6 is 0 Å². The quantitative estimate of drug-likeness (QED) is 0.0320. The summed E-state index contributed by atoms with van der Waals surface area (Å²) in [6, 6.07) is -0.541. The molecule has 0 aromatic carbocycles. The Morgan fingerprint density at radius 3 is 0.947 bits per heavy atom. The van der Waals surface area contributed by atoms with Gasteiger partial charge in [-0.25, -0.2) is 0 Å². The van der Waals surface area contributed by atoms with E-state index >= 15 is 0 Å². The molecule has 0 saturated heterocycles. The first-order valence-corrected chi connectivity index (χ1v) is 34.4. The third-order valence-electron chi connectivity index (χ3n) is 16.3. The van der Waals surface area contributed by atoms with Gasteiger partial charge in [0.05, 0.1) is 25.4 Å². The molecule has 0 bridgehead atoms. The number of aliphatic hydroxyl groups is 2. The van der Waals surface area contributed by atoms with Gasteiger partial charge in [0.1, 0.15) is 0 Å². The van der Waals surface area contributed by atoms with Crippen molar-refractivity contribution in [2.24, 2.45) is 0 Å². The molecule has 0 aliphatic carbocycles. The maximum atomic E-state index is 12.5. The Balaban J connectivity index is 3.35. The summed E-state index contributed by atoms with van der Waals surface area (Å²) in [7, 11) is 0. The van der Waals surface area contributed by atoms with Gasteiger partial charge in [-0.05, 0) is 51.4 Å². The maximum Gasteiger partial charge on any atom is 0.305 e. The summed E-state index contributed by atoms with van der Waals surface area (Å²) in [6.07, 6.45) is 79.6. The SMILES string of the molecule is CCCCCCCCC/C=C\CCCCCCCCCC(=O)OCCCCCCCCCCCCCCCCCCCCCCCCCC(=O)NC(CO)C(O)CCCCCCCCCCCCCCCCCCC. The summed E-state index contributed by atoms with van der Waals surface area (Å²) in [5.74, 6) is -0.0180. The van der Waals surface area contributed by atoms with Crippen molar-refractivity contribution < 1.29 is 24.5 Å². The minimum Gasteiger partial charge on any atom is -0.466 e. The summed E-state index contributed by atoms with van der Waals surface area (Å²) < 4.78 is 5.50. The van der Waals surface area contributed by atoms with Crippen molar-refractivity contribution in [3.8, 4) is 0 Å². The first-order valence-electron chi connectivity index (χ1n) is 34.4. The molecule has 2 unspecified atom stereocenters. The van der Waals surface area contributed by atoms with E-state index in [1.807, 2.05) is 0 Å². The highest BCUT2D eigenvalue weighted by Gasteiger charge is 2.20. The lowest BCUT2D eigenvalue weighted by Gasteiger charge is -2.22. The summed E-state index contributed by atoms with van der Waals surface area (Å²) in [4.78, 5) is 24.6. The molecule has 75 heavy (non-hydrogen) atoms. The average molecular weight is 1060 g/mol. The van der Waals surface area contributed by atoms with E-state index in [4.69, 9.17) is 4.74 Å². The van der Waals surface area contributed by atoms with Crippen molar-refractivity contribution in [3.05, 3.63) is 12.2 Å². The van der Waals surface area contributed by atoms with Crippen LogP contribution in [0.15, 0.2) is 12.2 Å². The number of hydrogen-bond acceptors (Lipinski definition) is 5. The number of aliphatic hydroxyl groups excluding tert-OH is 2. The molecule has 0 aliphatic heterocycles. The molecule has 3 N–H and O–H groups in total. The molecule has 2 atom stereocenters. The fourth-order valence-corrected chi connectivity index (χ4v) is 11.1. The van der Waals surface area contributed by atoms with Crippen molar-refractivity contribution >= 4 is 11.9 Å². The molecule has 0 radical (unpaired) electrons. The Morgan fingerprint density at radius 1 is 0.360 bits per heavy atom. The molecule has 0 heterocycles. The molecule has 0 aliphatic rings. The van der Waals surface area contributed by atoms with E-state index in [1.165, 1.54) is 315 Å². The summed E-state index contributed by atoms with van der Waals surface area (Å²) in [6.45, 7) is 4.99. The van der Waals surface area contributed by atoms with Gasteiger partial charge in [0.2, 0.25) is 5.91 Å². The van der Waals surface area contributed by atoms with E-state index in [-0.39, 0.29) is 18.5 Å². The molecule has 6 heteroatoms. The van der Waals surface area contributed by atoms with E-state index in [2.05, 4.69) is 31.3 Å². The van der Waals surface area contributed by atoms with E-state index < -0.39 is 12.1 Å². The zero-order chi connectivity index (χ0) is 54.3. The Hall–Kier alpha value is -1.40. The first kappa shape index (κ1) is 73.6. The van der Waals surface area contributed by atoms with Crippen LogP contribution in [0.1, 0.15) is 393 Å². The van der Waals surface area contributed by atoms with Gasteiger partial charge in [-0.2, -0.15) is 0 Å². The van der Waals surface area contributed by atoms with Crippen molar-refractivity contribution in [1.29, 1.82) is 0 Å². The van der Waals surface area contributed by atoms with Gasteiger partial charge in [0.15, 0.2) is 0 Å². The van der Waals surface area contributed by atoms with Crippen molar-refractivity contribution in [2.75, 3.05) is 13.2 Å². The van der Waals surface area contributed by atoms with Crippen LogP contribution in [0, 0.1) is 0 Å². The predicted molar refractivity (Wildman–Crippen MR) is 329 cm³/mol. The molecular weight excluding hydrogens is 923 g/mol. The second kappa shape index (κ2) is 65.1. The van der Waals surface area contributed by atoms with Crippen LogP contribution in [0.25, 0.3) is 0 Å². The number of carbonyl (C=O) groups excluding carboxylic acids is 2. The molecular formula is C69H135NO5. The monoisotopic (exact) mass is 1060 g/mol. The van der Waals surface area contributed by atoms with E-state index in [0.717, 1.165) is 44.9 Å². The summed E-state index contributed by atoms with van der Waals surface area (Å²) in [5, 5.41) is 23.4. The molecule has 0 aromatic rings. The summed E-state index contributed by atoms with van der Waals surface area (Å²) >= 11 is 0. The van der Waals surface area contributed by atoms with E-state index in [0.29, 0.717) is 25.9 Å². The van der Waals surface area contributed by atoms with Crippen LogP contribution in [-0.2, 0) is 14.3 Å². The van der Waals surface area contributed by atoms with Crippen LogP contribution in [0.2, 0.25) is 0 Å². The van der Waals surface area contributed by atoms with Crippen molar-refractivity contribution in [1.82, 2.24) is 5.32 Å². The fourth-order valence-electron chi connectivity index (χ4n) is 11.1. The average Bonchev–Trinajstić information content (AvgIpc) is 3.41. The summed E-state index contributed by atoms with van der Waals surface area (Å²) in [5.41, 5.74) is 0. The number of unbranched alkanes of at least 4 members (excludes halogenated alkanes) is 52. The Bertz CT molecular complexity index is 1130. The number of rotatable bonds is 65. The number of carbonyl (C=O) groups is 2. The van der Waals surface area contributed by atoms with Gasteiger partial charge in [-0.15, -0.1) is 0 Å². The predicted octanol–water partition coefficient (Wildman–Crippen LogP) is 22.0. The molecule has 0 rings (SSSR count). The van der Waals surface area contributed by atoms with Crippen molar-refractivity contribution in [2.45, 2.75) is 405 Å². The Morgan fingerprint density at radius 2 is 0.627 bits per heavy atom. The normalized spacial score (nSPS) is 12.5. The Kier molecular flexibility index (Phi) is 63.9. The van der Waals surface area contributed by atoms with Crippen LogP contribution < -0.4 is 5.32 Å². The molecule has 1 amide bonds. The van der Waals surface area contributed by atoms with Gasteiger partial charge in [-0.3, -0.25) is 9.59 Å². The molecule has 446 valence electrons. The molecule has 0 aromatic heterocycles. The van der Waals surface area contributed by atoms with Gasteiger partial charge in [0.25, 0.3) is 0 Å². The van der Waals surface area contributed by atoms with Crippen LogP contribution in [0.4, 0.5) is 0 Å². The number of allylic oxidation sites excluding steroid dienone is 2. The zero-order valence-electron chi connectivity index (χ0n) is 51.1. The third kappa shape index (κ3) is 61.7. The number of ether oxygens (including phenoxy) is 1. The third-order valence-corrected chi connectivity index (χ3v) is 16.3. The molecule has 0 saturated carbocycles. The second-order valence-corrected chi connectivity index (χ2v) is 23.9. The highest BCUT2D eigenvalue weighted by atomic mass is 16.5. The highest BCUT2D eigenvalue weighted by molar-refractivity contribution is 5.76. The van der Waals surface area contributed by atoms with E-state index in [1.54, 1.807) is 0 Å². The minimum atomic E-state index is -0.664. The topological polar surface area (TPSA) is 95.9 Å². The minimum absolute atomic E-state index is 0.0126. The smallest absolute Gasteiger partial charge is 0.305 e. The number of hydrogen-bond donors (Lipinski definition) is 3. The number of esters is 1.